The number of aryl methyl sites for hydroxylation is 1. The number of para-hydroxylation sites is 1. The van der Waals surface area contributed by atoms with Crippen LogP contribution in [0.2, 0.25) is 0 Å². The molecule has 23 heavy (non-hydrogen) atoms. The van der Waals surface area contributed by atoms with Gasteiger partial charge in [-0.1, -0.05) is 36.4 Å². The van der Waals surface area contributed by atoms with Crippen LogP contribution in [0.15, 0.2) is 48.5 Å². The van der Waals surface area contributed by atoms with Crippen LogP contribution in [-0.2, 0) is 16.0 Å². The van der Waals surface area contributed by atoms with E-state index in [1.807, 2.05) is 35.6 Å². The van der Waals surface area contributed by atoms with Crippen molar-refractivity contribution in [2.24, 2.45) is 0 Å². The molecule has 0 fully saturated rings. The van der Waals surface area contributed by atoms with Crippen molar-refractivity contribution < 1.29 is 18.4 Å². The minimum atomic E-state index is -1.10. The third-order valence-electron chi connectivity index (χ3n) is 3.18. The summed E-state index contributed by atoms with van der Waals surface area (Å²) in [5.74, 6) is -3.90. The normalized spacial score (nSPS) is 10.2. The van der Waals surface area contributed by atoms with Crippen molar-refractivity contribution >= 4 is 17.5 Å². The van der Waals surface area contributed by atoms with Gasteiger partial charge in [0.25, 0.3) is 0 Å². The summed E-state index contributed by atoms with van der Waals surface area (Å²) in [5.41, 5.74) is 0.497. The lowest BCUT2D eigenvalue weighted by Crippen LogP contribution is -2.36. The Balaban J connectivity index is 1.78. The lowest BCUT2D eigenvalue weighted by Gasteiger charge is -2.08. The number of halogens is 2. The van der Waals surface area contributed by atoms with Crippen molar-refractivity contribution in [3.8, 4) is 0 Å². The first-order valence-electron chi connectivity index (χ1n) is 7.15. The van der Waals surface area contributed by atoms with Gasteiger partial charge in [-0.05, 0) is 30.5 Å². The molecule has 0 aliphatic rings. The van der Waals surface area contributed by atoms with Gasteiger partial charge in [0.2, 0.25) is 0 Å². The molecule has 4 nitrogen and oxygen atoms in total. The summed E-state index contributed by atoms with van der Waals surface area (Å²) >= 11 is 0. The Morgan fingerprint density at radius 3 is 2.17 bits per heavy atom. The highest BCUT2D eigenvalue weighted by atomic mass is 19.1. The van der Waals surface area contributed by atoms with E-state index in [0.717, 1.165) is 24.1 Å². The van der Waals surface area contributed by atoms with Crippen LogP contribution in [0.4, 0.5) is 14.5 Å². The molecule has 120 valence electrons. The fourth-order valence-electron chi connectivity index (χ4n) is 2.01. The molecule has 2 rings (SSSR count). The zero-order valence-corrected chi connectivity index (χ0v) is 12.3. The number of anilines is 1. The standard InChI is InChI=1S/C17H16F2N2O2/c18-13-9-4-10-14(19)15(13)21-17(23)16(22)20-11-5-8-12-6-2-1-3-7-12/h1-4,6-7,9-10H,5,8,11H2,(H,20,22)(H,21,23). The van der Waals surface area contributed by atoms with Crippen LogP contribution < -0.4 is 10.6 Å². The second kappa shape index (κ2) is 8.03. The van der Waals surface area contributed by atoms with Gasteiger partial charge in [0.05, 0.1) is 0 Å². The first-order valence-corrected chi connectivity index (χ1v) is 7.15. The first-order chi connectivity index (χ1) is 11.1. The lowest BCUT2D eigenvalue weighted by atomic mass is 10.1. The number of carbonyl (C=O) groups excluding carboxylic acids is 2. The molecule has 0 spiro atoms. The highest BCUT2D eigenvalue weighted by molar-refractivity contribution is 6.39. The maximum atomic E-state index is 13.4. The predicted molar refractivity (Wildman–Crippen MR) is 82.8 cm³/mol. The topological polar surface area (TPSA) is 58.2 Å². The summed E-state index contributed by atoms with van der Waals surface area (Å²) in [4.78, 5) is 23.2. The average molecular weight is 318 g/mol. The Labute approximate surface area is 132 Å². The van der Waals surface area contributed by atoms with Crippen molar-refractivity contribution in [3.63, 3.8) is 0 Å². The number of hydrogen-bond acceptors (Lipinski definition) is 2. The molecule has 0 saturated heterocycles. The molecule has 0 aromatic heterocycles. The number of benzene rings is 2. The van der Waals surface area contributed by atoms with Gasteiger partial charge in [0.15, 0.2) is 0 Å². The average Bonchev–Trinajstić information content (AvgIpc) is 2.55. The lowest BCUT2D eigenvalue weighted by molar-refractivity contribution is -0.136. The molecule has 0 atom stereocenters. The van der Waals surface area contributed by atoms with E-state index in [9.17, 15) is 18.4 Å². The van der Waals surface area contributed by atoms with E-state index in [4.69, 9.17) is 0 Å². The van der Waals surface area contributed by atoms with E-state index < -0.39 is 29.1 Å². The largest absolute Gasteiger partial charge is 0.348 e. The van der Waals surface area contributed by atoms with Crippen molar-refractivity contribution in [1.29, 1.82) is 0 Å². The third-order valence-corrected chi connectivity index (χ3v) is 3.18. The van der Waals surface area contributed by atoms with Gasteiger partial charge in [-0.2, -0.15) is 0 Å². The number of rotatable bonds is 5. The maximum absolute atomic E-state index is 13.4. The second-order valence-electron chi connectivity index (χ2n) is 4.90. The molecule has 0 bridgehead atoms. The Kier molecular flexibility index (Phi) is 5.80. The quantitative estimate of drug-likeness (QED) is 0.658. The minimum Gasteiger partial charge on any atom is -0.348 e. The Bertz CT molecular complexity index is 670. The number of carbonyl (C=O) groups is 2. The molecule has 2 N–H and O–H groups in total. The maximum Gasteiger partial charge on any atom is 0.313 e. The van der Waals surface area contributed by atoms with Crippen molar-refractivity contribution in [2.75, 3.05) is 11.9 Å². The van der Waals surface area contributed by atoms with Crippen LogP contribution in [0.25, 0.3) is 0 Å². The molecule has 2 amide bonds. The van der Waals surface area contributed by atoms with E-state index in [-0.39, 0.29) is 0 Å². The molecule has 0 radical (unpaired) electrons. The summed E-state index contributed by atoms with van der Waals surface area (Å²) in [6, 6.07) is 12.9. The first kappa shape index (κ1) is 16.6. The number of amides is 2. The SMILES string of the molecule is O=C(NCCCc1ccccc1)C(=O)Nc1c(F)cccc1F. The fraction of sp³-hybridized carbons (Fsp3) is 0.176. The van der Waals surface area contributed by atoms with E-state index in [2.05, 4.69) is 5.32 Å². The summed E-state index contributed by atoms with van der Waals surface area (Å²) < 4.78 is 26.8. The molecular formula is C17H16F2N2O2. The second-order valence-corrected chi connectivity index (χ2v) is 4.90. The van der Waals surface area contributed by atoms with E-state index >= 15 is 0 Å². The number of hydrogen-bond donors (Lipinski definition) is 2. The van der Waals surface area contributed by atoms with E-state index in [1.165, 1.54) is 6.07 Å². The monoisotopic (exact) mass is 318 g/mol. The van der Waals surface area contributed by atoms with Gasteiger partial charge in [0.1, 0.15) is 17.3 Å². The van der Waals surface area contributed by atoms with Crippen molar-refractivity contribution in [3.05, 3.63) is 65.7 Å². The highest BCUT2D eigenvalue weighted by Gasteiger charge is 2.17. The van der Waals surface area contributed by atoms with Crippen LogP contribution in [0.3, 0.4) is 0 Å². The zero-order chi connectivity index (χ0) is 16.7. The van der Waals surface area contributed by atoms with Gasteiger partial charge in [-0.15, -0.1) is 0 Å². The zero-order valence-electron chi connectivity index (χ0n) is 12.3. The molecular weight excluding hydrogens is 302 g/mol. The molecule has 0 unspecified atom stereocenters. The summed E-state index contributed by atoms with van der Waals surface area (Å²) in [6.45, 7) is 0.293. The fourth-order valence-corrected chi connectivity index (χ4v) is 2.01. The van der Waals surface area contributed by atoms with E-state index in [1.54, 1.807) is 0 Å². The summed E-state index contributed by atoms with van der Waals surface area (Å²) in [5, 5.41) is 4.35. The van der Waals surface area contributed by atoms with Crippen LogP contribution >= 0.6 is 0 Å². The van der Waals surface area contributed by atoms with Gasteiger partial charge in [-0.3, -0.25) is 9.59 Å². The van der Waals surface area contributed by atoms with Crippen molar-refractivity contribution in [1.82, 2.24) is 5.32 Å². The molecule has 0 heterocycles. The van der Waals surface area contributed by atoms with Crippen molar-refractivity contribution in [2.45, 2.75) is 12.8 Å². The van der Waals surface area contributed by atoms with Crippen LogP contribution in [0, 0.1) is 11.6 Å². The molecule has 2 aromatic rings. The molecule has 2 aromatic carbocycles. The van der Waals surface area contributed by atoms with Crippen LogP contribution in [0.1, 0.15) is 12.0 Å². The molecule has 6 heteroatoms. The minimum absolute atomic E-state index is 0.293. The van der Waals surface area contributed by atoms with Gasteiger partial charge in [-0.25, -0.2) is 8.78 Å². The molecule has 0 aliphatic heterocycles. The predicted octanol–water partition coefficient (Wildman–Crippen LogP) is 2.65. The smallest absolute Gasteiger partial charge is 0.313 e. The van der Waals surface area contributed by atoms with Crippen LogP contribution in [-0.4, -0.2) is 18.4 Å². The third kappa shape index (κ3) is 4.88. The Morgan fingerprint density at radius 1 is 0.870 bits per heavy atom. The van der Waals surface area contributed by atoms with E-state index in [0.29, 0.717) is 13.0 Å². The summed E-state index contributed by atoms with van der Waals surface area (Å²) in [7, 11) is 0. The van der Waals surface area contributed by atoms with Crippen LogP contribution in [0.5, 0.6) is 0 Å². The summed E-state index contributed by atoms with van der Waals surface area (Å²) in [6.07, 6.45) is 1.40. The highest BCUT2D eigenvalue weighted by Crippen LogP contribution is 2.17. The van der Waals surface area contributed by atoms with Gasteiger partial charge in [0, 0.05) is 6.54 Å². The Morgan fingerprint density at radius 2 is 1.52 bits per heavy atom. The molecule has 0 aliphatic carbocycles. The number of nitrogens with one attached hydrogen (secondary N) is 2. The Hall–Kier alpha value is -2.76. The van der Waals surface area contributed by atoms with Gasteiger partial charge >= 0.3 is 11.8 Å². The molecule has 0 saturated carbocycles. The van der Waals surface area contributed by atoms with Gasteiger partial charge < -0.3 is 10.6 Å².